The SMILES string of the molecule is O=C1CCC(N2Cc3c(O)ccc(I)c3C2=O)C(=O)N1. The highest BCUT2D eigenvalue weighted by molar-refractivity contribution is 14.1. The second-order valence-corrected chi connectivity index (χ2v) is 5.98. The van der Waals surface area contributed by atoms with Gasteiger partial charge in [0, 0.05) is 15.6 Å². The molecule has 1 fully saturated rings. The van der Waals surface area contributed by atoms with E-state index >= 15 is 0 Å². The standard InChI is InChI=1S/C13H11IN2O4/c14-7-1-3-9(17)6-5-16(13(20)11(6)7)8-2-4-10(18)15-12(8)19/h1,3,8,17H,2,4-5H2,(H,15,18,19). The zero-order chi connectivity index (χ0) is 14.4. The Morgan fingerprint density at radius 3 is 2.70 bits per heavy atom. The van der Waals surface area contributed by atoms with Gasteiger partial charge in [0.1, 0.15) is 11.8 Å². The molecule has 0 aliphatic carbocycles. The van der Waals surface area contributed by atoms with Crippen molar-refractivity contribution < 1.29 is 19.5 Å². The highest BCUT2D eigenvalue weighted by Gasteiger charge is 2.40. The number of phenolic OH excluding ortho intramolecular Hbond substituents is 1. The van der Waals surface area contributed by atoms with Crippen LogP contribution in [0.15, 0.2) is 12.1 Å². The second kappa shape index (κ2) is 4.72. The molecule has 2 aliphatic rings. The first-order valence-electron chi connectivity index (χ1n) is 6.14. The predicted molar refractivity (Wildman–Crippen MR) is 76.9 cm³/mol. The molecule has 6 nitrogen and oxygen atoms in total. The summed E-state index contributed by atoms with van der Waals surface area (Å²) in [5.41, 5.74) is 1.00. The van der Waals surface area contributed by atoms with Gasteiger partial charge in [-0.05, 0) is 41.1 Å². The van der Waals surface area contributed by atoms with Crippen LogP contribution in [-0.4, -0.2) is 33.8 Å². The zero-order valence-corrected chi connectivity index (χ0v) is 12.5. The molecule has 3 amide bonds. The second-order valence-electron chi connectivity index (χ2n) is 4.82. The largest absolute Gasteiger partial charge is 0.508 e. The maximum Gasteiger partial charge on any atom is 0.256 e. The number of amides is 3. The summed E-state index contributed by atoms with van der Waals surface area (Å²) in [6, 6.07) is 2.56. The van der Waals surface area contributed by atoms with Crippen LogP contribution in [0.2, 0.25) is 0 Å². The summed E-state index contributed by atoms with van der Waals surface area (Å²) in [5, 5.41) is 12.1. The van der Waals surface area contributed by atoms with Crippen molar-refractivity contribution in [3.63, 3.8) is 0 Å². The van der Waals surface area contributed by atoms with Gasteiger partial charge in [0.2, 0.25) is 11.8 Å². The van der Waals surface area contributed by atoms with Crippen LogP contribution in [0.1, 0.15) is 28.8 Å². The third-order valence-electron chi connectivity index (χ3n) is 3.63. The molecule has 1 atom stereocenters. The lowest BCUT2D eigenvalue weighted by molar-refractivity contribution is -0.136. The summed E-state index contributed by atoms with van der Waals surface area (Å²) in [4.78, 5) is 36.9. The smallest absolute Gasteiger partial charge is 0.256 e. The number of nitrogens with one attached hydrogen (secondary N) is 1. The van der Waals surface area contributed by atoms with Crippen LogP contribution in [-0.2, 0) is 16.1 Å². The molecule has 2 heterocycles. The van der Waals surface area contributed by atoms with E-state index in [1.54, 1.807) is 12.1 Å². The van der Waals surface area contributed by atoms with Gasteiger partial charge in [-0.2, -0.15) is 0 Å². The maximum absolute atomic E-state index is 12.4. The summed E-state index contributed by atoms with van der Waals surface area (Å²) in [7, 11) is 0. The average molecular weight is 386 g/mol. The molecule has 0 spiro atoms. The average Bonchev–Trinajstić information content (AvgIpc) is 2.73. The van der Waals surface area contributed by atoms with Crippen LogP contribution >= 0.6 is 22.6 Å². The molecule has 0 bridgehead atoms. The monoisotopic (exact) mass is 386 g/mol. The molecule has 1 aromatic carbocycles. The maximum atomic E-state index is 12.4. The molecule has 1 saturated heterocycles. The van der Waals surface area contributed by atoms with Crippen LogP contribution in [0.4, 0.5) is 0 Å². The number of carbonyl (C=O) groups is 3. The van der Waals surface area contributed by atoms with Crippen molar-refractivity contribution in [2.45, 2.75) is 25.4 Å². The molecule has 0 radical (unpaired) electrons. The van der Waals surface area contributed by atoms with Crippen LogP contribution < -0.4 is 5.32 Å². The number of carbonyl (C=O) groups excluding carboxylic acids is 3. The van der Waals surface area contributed by atoms with Crippen molar-refractivity contribution in [2.75, 3.05) is 0 Å². The van der Waals surface area contributed by atoms with Crippen molar-refractivity contribution in [1.82, 2.24) is 10.2 Å². The Hall–Kier alpha value is -1.64. The number of phenols is 1. The molecule has 1 unspecified atom stereocenters. The van der Waals surface area contributed by atoms with E-state index in [9.17, 15) is 19.5 Å². The Morgan fingerprint density at radius 1 is 1.30 bits per heavy atom. The fourth-order valence-electron chi connectivity index (χ4n) is 2.62. The Balaban J connectivity index is 1.94. The van der Waals surface area contributed by atoms with E-state index in [4.69, 9.17) is 0 Å². The molecule has 7 heteroatoms. The minimum Gasteiger partial charge on any atom is -0.508 e. The van der Waals surface area contributed by atoms with Crippen molar-refractivity contribution in [2.24, 2.45) is 0 Å². The van der Waals surface area contributed by atoms with Crippen LogP contribution in [0.3, 0.4) is 0 Å². The van der Waals surface area contributed by atoms with Crippen molar-refractivity contribution in [3.05, 3.63) is 26.8 Å². The topological polar surface area (TPSA) is 86.7 Å². The fraction of sp³-hybridized carbons (Fsp3) is 0.308. The third-order valence-corrected chi connectivity index (χ3v) is 4.53. The number of hydrogen-bond donors (Lipinski definition) is 2. The van der Waals surface area contributed by atoms with Crippen LogP contribution in [0.5, 0.6) is 5.75 Å². The van der Waals surface area contributed by atoms with E-state index < -0.39 is 11.9 Å². The van der Waals surface area contributed by atoms with E-state index in [0.29, 0.717) is 17.5 Å². The lowest BCUT2D eigenvalue weighted by atomic mass is 10.0. The Morgan fingerprint density at radius 2 is 2.05 bits per heavy atom. The highest BCUT2D eigenvalue weighted by atomic mass is 127. The molecule has 3 rings (SSSR count). The summed E-state index contributed by atoms with van der Waals surface area (Å²) in [6.45, 7) is 0.198. The number of piperidine rings is 1. The highest BCUT2D eigenvalue weighted by Crippen LogP contribution is 2.35. The first kappa shape index (κ1) is 13.3. The molecular formula is C13H11IN2O4. The summed E-state index contributed by atoms with van der Waals surface area (Å²) in [6.07, 6.45) is 0.543. The minimum atomic E-state index is -0.650. The molecule has 0 aromatic heterocycles. The van der Waals surface area contributed by atoms with E-state index in [2.05, 4.69) is 5.32 Å². The molecule has 2 N–H and O–H groups in total. The fourth-order valence-corrected chi connectivity index (χ4v) is 3.35. The molecule has 1 aromatic rings. The van der Waals surface area contributed by atoms with Gasteiger partial charge in [-0.15, -0.1) is 0 Å². The van der Waals surface area contributed by atoms with Gasteiger partial charge in [-0.25, -0.2) is 0 Å². The van der Waals surface area contributed by atoms with E-state index in [1.807, 2.05) is 22.6 Å². The van der Waals surface area contributed by atoms with Gasteiger partial charge in [0.05, 0.1) is 12.1 Å². The number of benzene rings is 1. The molecule has 104 valence electrons. The summed E-state index contributed by atoms with van der Waals surface area (Å²) >= 11 is 2.03. The van der Waals surface area contributed by atoms with Gasteiger partial charge >= 0.3 is 0 Å². The third kappa shape index (κ3) is 1.96. The van der Waals surface area contributed by atoms with Gasteiger partial charge in [-0.3, -0.25) is 19.7 Å². The van der Waals surface area contributed by atoms with Crippen molar-refractivity contribution in [1.29, 1.82) is 0 Å². The Labute approximate surface area is 128 Å². The number of imide groups is 1. The van der Waals surface area contributed by atoms with E-state index in [-0.39, 0.29) is 30.5 Å². The van der Waals surface area contributed by atoms with Gasteiger partial charge < -0.3 is 10.0 Å². The van der Waals surface area contributed by atoms with Crippen molar-refractivity contribution in [3.8, 4) is 5.75 Å². The van der Waals surface area contributed by atoms with Gasteiger partial charge in [-0.1, -0.05) is 0 Å². The Bertz CT molecular complexity index is 644. The van der Waals surface area contributed by atoms with Crippen LogP contribution in [0, 0.1) is 3.57 Å². The molecular weight excluding hydrogens is 375 g/mol. The molecule has 0 saturated carbocycles. The van der Waals surface area contributed by atoms with Gasteiger partial charge in [0.25, 0.3) is 5.91 Å². The van der Waals surface area contributed by atoms with Gasteiger partial charge in [0.15, 0.2) is 0 Å². The summed E-state index contributed by atoms with van der Waals surface area (Å²) < 4.78 is 0.746. The minimum absolute atomic E-state index is 0.0589. The van der Waals surface area contributed by atoms with E-state index in [1.165, 1.54) is 4.90 Å². The number of nitrogens with zero attached hydrogens (tertiary/aromatic N) is 1. The Kier molecular flexibility index (Phi) is 3.15. The number of halogens is 1. The predicted octanol–water partition coefficient (Wildman–Crippen LogP) is 0.758. The van der Waals surface area contributed by atoms with E-state index in [0.717, 1.165) is 3.57 Å². The number of aromatic hydroxyl groups is 1. The van der Waals surface area contributed by atoms with Crippen molar-refractivity contribution >= 4 is 40.3 Å². The first-order valence-corrected chi connectivity index (χ1v) is 7.22. The number of rotatable bonds is 1. The zero-order valence-electron chi connectivity index (χ0n) is 10.4. The number of fused-ring (bicyclic) bond motifs is 1. The first-order chi connectivity index (χ1) is 9.49. The van der Waals surface area contributed by atoms with Crippen LogP contribution in [0.25, 0.3) is 0 Å². The number of hydrogen-bond acceptors (Lipinski definition) is 4. The molecule has 20 heavy (non-hydrogen) atoms. The molecule has 2 aliphatic heterocycles. The lowest BCUT2D eigenvalue weighted by Crippen LogP contribution is -2.52. The quantitative estimate of drug-likeness (QED) is 0.551. The lowest BCUT2D eigenvalue weighted by Gasteiger charge is -2.29. The normalized spacial score (nSPS) is 21.9. The summed E-state index contributed by atoms with van der Waals surface area (Å²) in [5.74, 6) is -0.969.